The molecule has 0 heterocycles. The third-order valence-electron chi connectivity index (χ3n) is 5.87. The normalized spacial score (nSPS) is 19.5. The highest BCUT2D eigenvalue weighted by Gasteiger charge is 2.36. The van der Waals surface area contributed by atoms with Crippen molar-refractivity contribution in [3.8, 4) is 16.9 Å². The van der Waals surface area contributed by atoms with Crippen LogP contribution in [0.5, 0.6) is 5.75 Å². The van der Waals surface area contributed by atoms with Gasteiger partial charge in [0.25, 0.3) is 0 Å². The predicted octanol–water partition coefficient (Wildman–Crippen LogP) is 6.23. The van der Waals surface area contributed by atoms with Crippen molar-refractivity contribution in [2.75, 3.05) is 7.11 Å². The quantitative estimate of drug-likeness (QED) is 0.343. The van der Waals surface area contributed by atoms with Crippen LogP contribution in [0.1, 0.15) is 60.5 Å². The molecule has 1 unspecified atom stereocenters. The Morgan fingerprint density at radius 1 is 1.13 bits per heavy atom. The van der Waals surface area contributed by atoms with Gasteiger partial charge in [-0.15, -0.1) is 0 Å². The molecule has 0 N–H and O–H groups in total. The van der Waals surface area contributed by atoms with E-state index in [2.05, 4.69) is 26.0 Å². The third kappa shape index (κ3) is 3.76. The molecular formula is C25H25FO4. The zero-order valence-corrected chi connectivity index (χ0v) is 17.5. The second kappa shape index (κ2) is 7.71. The Morgan fingerprint density at radius 2 is 1.87 bits per heavy atom. The highest BCUT2D eigenvalue weighted by molar-refractivity contribution is 6.07. The van der Waals surface area contributed by atoms with Crippen LogP contribution in [-0.4, -0.2) is 19.0 Å². The third-order valence-corrected chi connectivity index (χ3v) is 5.87. The number of carbonyl (C=O) groups is 2. The summed E-state index contributed by atoms with van der Waals surface area (Å²) in [6.45, 7) is 4.17. The predicted molar refractivity (Wildman–Crippen MR) is 112 cm³/mol. The second-order valence-corrected chi connectivity index (χ2v) is 8.82. The second-order valence-electron chi connectivity index (χ2n) is 8.82. The maximum atomic E-state index is 13.6. The highest BCUT2D eigenvalue weighted by Crippen LogP contribution is 2.48. The van der Waals surface area contributed by atoms with Gasteiger partial charge in [-0.1, -0.05) is 44.2 Å². The maximum absolute atomic E-state index is 13.6. The van der Waals surface area contributed by atoms with E-state index in [1.54, 1.807) is 12.1 Å². The molecule has 2 aliphatic rings. The van der Waals surface area contributed by atoms with Crippen molar-refractivity contribution >= 4 is 11.9 Å². The smallest absolute Gasteiger partial charge is 0.437 e. The molecule has 0 amide bonds. The van der Waals surface area contributed by atoms with E-state index in [4.69, 9.17) is 9.47 Å². The minimum atomic E-state index is -0.842. The van der Waals surface area contributed by atoms with Crippen LogP contribution in [0.4, 0.5) is 9.18 Å². The van der Waals surface area contributed by atoms with Gasteiger partial charge in [-0.25, -0.2) is 9.18 Å². The van der Waals surface area contributed by atoms with E-state index in [1.807, 2.05) is 6.07 Å². The fraction of sp³-hybridized carbons (Fsp3) is 0.360. The lowest BCUT2D eigenvalue weighted by Gasteiger charge is -2.33. The number of allylic oxidation sites excluding steroid dienone is 2. The minimum absolute atomic E-state index is 0.00352. The van der Waals surface area contributed by atoms with Crippen molar-refractivity contribution in [2.45, 2.75) is 45.4 Å². The summed E-state index contributed by atoms with van der Waals surface area (Å²) in [6, 6.07) is 7.96. The topological polar surface area (TPSA) is 52.6 Å². The lowest BCUT2D eigenvalue weighted by molar-refractivity contribution is 0.0910. The van der Waals surface area contributed by atoms with E-state index in [1.165, 1.54) is 19.2 Å². The number of ether oxygens (including phenoxy) is 2. The number of Topliss-reactive ketones (excluding diaryl/α,β-unsaturated/α-hetero) is 1. The van der Waals surface area contributed by atoms with Gasteiger partial charge in [-0.3, -0.25) is 4.79 Å². The van der Waals surface area contributed by atoms with Gasteiger partial charge in [0.2, 0.25) is 0 Å². The first-order valence-electron chi connectivity index (χ1n) is 10.2. The van der Waals surface area contributed by atoms with Crippen LogP contribution in [0.25, 0.3) is 11.1 Å². The average Bonchev–Trinajstić information content (AvgIpc) is 3.22. The number of hydrogen-bond acceptors (Lipinski definition) is 4. The molecule has 4 nitrogen and oxygen atoms in total. The van der Waals surface area contributed by atoms with E-state index >= 15 is 0 Å². The molecule has 30 heavy (non-hydrogen) atoms. The van der Waals surface area contributed by atoms with Gasteiger partial charge in [0, 0.05) is 29.0 Å². The van der Waals surface area contributed by atoms with E-state index < -0.39 is 6.16 Å². The Hall–Kier alpha value is -2.95. The zero-order valence-electron chi connectivity index (χ0n) is 17.5. The molecule has 0 bridgehead atoms. The van der Waals surface area contributed by atoms with Crippen LogP contribution in [-0.2, 0) is 11.2 Å². The van der Waals surface area contributed by atoms with Gasteiger partial charge in [-0.2, -0.15) is 0 Å². The summed E-state index contributed by atoms with van der Waals surface area (Å²) in [5.41, 5.74) is 3.40. The van der Waals surface area contributed by atoms with Gasteiger partial charge < -0.3 is 9.47 Å². The Kier molecular flexibility index (Phi) is 5.22. The Balaban J connectivity index is 2.03. The van der Waals surface area contributed by atoms with Crippen molar-refractivity contribution in [2.24, 2.45) is 5.41 Å². The molecule has 156 valence electrons. The lowest BCUT2D eigenvalue weighted by atomic mass is 9.70. The monoisotopic (exact) mass is 408 g/mol. The summed E-state index contributed by atoms with van der Waals surface area (Å²) in [5.74, 6) is 0.0420. The van der Waals surface area contributed by atoms with Crippen LogP contribution in [0.15, 0.2) is 42.5 Å². The number of rotatable bonds is 3. The van der Waals surface area contributed by atoms with Crippen molar-refractivity contribution in [1.29, 1.82) is 0 Å². The molecule has 0 radical (unpaired) electrons. The standard InChI is InChI=1S/C25H25FO4/c1-25(2)13-17-12-19(15-6-4-5-7-15)23(30-24(28)29-3)22(21(17)20(27)14-25)16-8-10-18(26)11-9-16/h4,6,8-12,15H,5,7,13-14H2,1-3H3. The molecule has 0 aliphatic heterocycles. The van der Waals surface area contributed by atoms with Crippen LogP contribution >= 0.6 is 0 Å². The average molecular weight is 408 g/mol. The van der Waals surface area contributed by atoms with E-state index in [-0.39, 0.29) is 22.9 Å². The molecule has 0 aromatic heterocycles. The first-order chi connectivity index (χ1) is 14.3. The van der Waals surface area contributed by atoms with Crippen molar-refractivity contribution in [3.63, 3.8) is 0 Å². The number of methoxy groups -OCH3 is 1. The summed E-state index contributed by atoms with van der Waals surface area (Å²) in [5, 5.41) is 0. The van der Waals surface area contributed by atoms with Crippen LogP contribution in [0.3, 0.4) is 0 Å². The first-order valence-corrected chi connectivity index (χ1v) is 10.2. The number of hydrogen-bond donors (Lipinski definition) is 0. The molecule has 2 aliphatic carbocycles. The van der Waals surface area contributed by atoms with Crippen LogP contribution in [0, 0.1) is 11.2 Å². The molecule has 0 saturated carbocycles. The van der Waals surface area contributed by atoms with E-state index in [9.17, 15) is 14.0 Å². The number of fused-ring (bicyclic) bond motifs is 1. The Labute approximate surface area is 175 Å². The van der Waals surface area contributed by atoms with Crippen LogP contribution < -0.4 is 4.74 Å². The minimum Gasteiger partial charge on any atom is -0.437 e. The highest BCUT2D eigenvalue weighted by atomic mass is 19.1. The summed E-state index contributed by atoms with van der Waals surface area (Å²) < 4.78 is 24.0. The fourth-order valence-electron chi connectivity index (χ4n) is 4.60. The summed E-state index contributed by atoms with van der Waals surface area (Å²) in [6.07, 6.45) is 6.35. The SMILES string of the molecule is COC(=O)Oc1c(C2C=CCC2)cc2c(c1-c1ccc(F)cc1)C(=O)CC(C)(C)C2. The number of ketones is 1. The van der Waals surface area contributed by atoms with Crippen molar-refractivity contribution in [1.82, 2.24) is 0 Å². The molecular weight excluding hydrogens is 383 g/mol. The van der Waals surface area contributed by atoms with Crippen molar-refractivity contribution in [3.05, 3.63) is 65.0 Å². The first kappa shape index (κ1) is 20.3. The molecule has 0 fully saturated rings. The van der Waals surface area contributed by atoms with Gasteiger partial charge in [0.15, 0.2) is 5.78 Å². The molecule has 0 spiro atoms. The summed E-state index contributed by atoms with van der Waals surface area (Å²) in [4.78, 5) is 25.4. The fourth-order valence-corrected chi connectivity index (χ4v) is 4.60. The largest absolute Gasteiger partial charge is 0.513 e. The van der Waals surface area contributed by atoms with Crippen molar-refractivity contribution < 1.29 is 23.5 Å². The molecule has 0 saturated heterocycles. The van der Waals surface area contributed by atoms with Gasteiger partial charge >= 0.3 is 6.16 Å². The summed E-state index contributed by atoms with van der Waals surface area (Å²) >= 11 is 0. The number of carbonyl (C=O) groups excluding carboxylic acids is 2. The number of benzene rings is 2. The van der Waals surface area contributed by atoms with E-state index in [0.717, 1.165) is 30.4 Å². The van der Waals surface area contributed by atoms with Gasteiger partial charge in [0.1, 0.15) is 11.6 Å². The Bertz CT molecular complexity index is 1030. The molecule has 5 heteroatoms. The van der Waals surface area contributed by atoms with E-state index in [0.29, 0.717) is 28.9 Å². The maximum Gasteiger partial charge on any atom is 0.513 e. The Morgan fingerprint density at radius 3 is 2.50 bits per heavy atom. The van der Waals surface area contributed by atoms with Gasteiger partial charge in [-0.05, 0) is 47.9 Å². The van der Waals surface area contributed by atoms with Gasteiger partial charge in [0.05, 0.1) is 7.11 Å². The molecule has 2 aromatic carbocycles. The summed E-state index contributed by atoms with van der Waals surface area (Å²) in [7, 11) is 1.25. The molecule has 4 rings (SSSR count). The molecule has 2 aromatic rings. The zero-order chi connectivity index (χ0) is 21.5. The molecule has 1 atom stereocenters. The van der Waals surface area contributed by atoms with Crippen LogP contribution in [0.2, 0.25) is 0 Å². The number of halogens is 1. The lowest BCUT2D eigenvalue weighted by Crippen LogP contribution is -2.28.